The van der Waals surface area contributed by atoms with E-state index in [9.17, 15) is 19.3 Å². The maximum absolute atomic E-state index is 13.3. The van der Waals surface area contributed by atoms with Crippen molar-refractivity contribution in [2.45, 2.75) is 6.42 Å². The average Bonchev–Trinajstić information content (AvgIpc) is 2.81. The van der Waals surface area contributed by atoms with Crippen LogP contribution in [0.25, 0.3) is 0 Å². The van der Waals surface area contributed by atoms with Gasteiger partial charge < -0.3 is 10.0 Å². The maximum atomic E-state index is 13.3. The lowest BCUT2D eigenvalue weighted by Gasteiger charge is -2.18. The largest absolute Gasteiger partial charge is 0.481 e. The highest BCUT2D eigenvalue weighted by Gasteiger charge is 2.32. The highest BCUT2D eigenvalue weighted by atomic mass is 79.9. The molecule has 0 radical (unpaired) electrons. The molecular formula is C11H10BrFN2O4. The van der Waals surface area contributed by atoms with Crippen molar-refractivity contribution in [3.8, 4) is 0 Å². The summed E-state index contributed by atoms with van der Waals surface area (Å²) in [5, 5.41) is 19.9. The van der Waals surface area contributed by atoms with Crippen molar-refractivity contribution in [1.82, 2.24) is 0 Å². The first-order chi connectivity index (χ1) is 8.90. The van der Waals surface area contributed by atoms with Gasteiger partial charge in [0.15, 0.2) is 0 Å². The third-order valence-corrected chi connectivity index (χ3v) is 3.70. The number of rotatable bonds is 3. The molecular weight excluding hydrogens is 323 g/mol. The number of nitro groups is 1. The Bertz CT molecular complexity index is 552. The maximum Gasteiger partial charge on any atom is 0.308 e. The number of carboxylic acid groups (broad SMARTS) is 1. The topological polar surface area (TPSA) is 83.7 Å². The summed E-state index contributed by atoms with van der Waals surface area (Å²) in [5.41, 5.74) is -0.117. The molecule has 1 saturated heterocycles. The molecule has 1 unspecified atom stereocenters. The smallest absolute Gasteiger partial charge is 0.308 e. The van der Waals surface area contributed by atoms with E-state index >= 15 is 0 Å². The van der Waals surface area contributed by atoms with Crippen LogP contribution in [0, 0.1) is 21.8 Å². The number of nitrogens with zero attached hydrogens (tertiary/aromatic N) is 2. The molecule has 0 amide bonds. The van der Waals surface area contributed by atoms with Crippen LogP contribution in [0.4, 0.5) is 15.8 Å². The van der Waals surface area contributed by atoms with Crippen molar-refractivity contribution < 1.29 is 19.2 Å². The summed E-state index contributed by atoms with van der Waals surface area (Å²) < 4.78 is 13.5. The minimum absolute atomic E-state index is 0.117. The predicted molar refractivity (Wildman–Crippen MR) is 68.7 cm³/mol. The Morgan fingerprint density at radius 3 is 2.79 bits per heavy atom. The Morgan fingerprint density at radius 1 is 1.58 bits per heavy atom. The molecule has 1 atom stereocenters. The molecule has 0 bridgehead atoms. The summed E-state index contributed by atoms with van der Waals surface area (Å²) in [6.45, 7) is 0.587. The molecule has 1 aliphatic rings. The van der Waals surface area contributed by atoms with Crippen molar-refractivity contribution in [1.29, 1.82) is 0 Å². The fourth-order valence-electron chi connectivity index (χ4n) is 2.11. The lowest BCUT2D eigenvalue weighted by Crippen LogP contribution is -2.23. The molecule has 0 saturated carbocycles. The van der Waals surface area contributed by atoms with E-state index in [1.165, 1.54) is 6.07 Å². The van der Waals surface area contributed by atoms with E-state index in [0.717, 1.165) is 6.07 Å². The molecule has 1 N–H and O–H groups in total. The van der Waals surface area contributed by atoms with Gasteiger partial charge in [-0.25, -0.2) is 4.39 Å². The van der Waals surface area contributed by atoms with Crippen LogP contribution in [0.2, 0.25) is 0 Å². The molecule has 1 fully saturated rings. The van der Waals surface area contributed by atoms with E-state index in [4.69, 9.17) is 5.11 Å². The monoisotopic (exact) mass is 332 g/mol. The lowest BCUT2D eigenvalue weighted by molar-refractivity contribution is -0.384. The highest BCUT2D eigenvalue weighted by Crippen LogP contribution is 2.36. The molecule has 1 aromatic carbocycles. The third-order valence-electron chi connectivity index (χ3n) is 3.09. The first-order valence-electron chi connectivity index (χ1n) is 5.51. The molecule has 1 aromatic rings. The lowest BCUT2D eigenvalue weighted by atomic mass is 10.1. The van der Waals surface area contributed by atoms with Gasteiger partial charge in [0.05, 0.1) is 21.4 Å². The first kappa shape index (κ1) is 13.7. The number of aliphatic carboxylic acids is 1. The minimum Gasteiger partial charge on any atom is -0.481 e. The Hall–Kier alpha value is -1.70. The van der Waals surface area contributed by atoms with Gasteiger partial charge in [-0.05, 0) is 28.4 Å². The minimum atomic E-state index is -0.925. The number of carbonyl (C=O) groups is 1. The van der Waals surface area contributed by atoms with Gasteiger partial charge in [0.25, 0.3) is 5.69 Å². The zero-order valence-corrected chi connectivity index (χ0v) is 11.3. The van der Waals surface area contributed by atoms with Crippen molar-refractivity contribution in [3.05, 3.63) is 32.5 Å². The fourth-order valence-corrected chi connectivity index (χ4v) is 2.44. The molecule has 19 heavy (non-hydrogen) atoms. The molecule has 2 rings (SSSR count). The Labute approximate surface area is 116 Å². The summed E-state index contributed by atoms with van der Waals surface area (Å²) in [6, 6.07) is 2.16. The van der Waals surface area contributed by atoms with Crippen molar-refractivity contribution in [2.24, 2.45) is 5.92 Å². The summed E-state index contributed by atoms with van der Waals surface area (Å²) in [5.74, 6) is -2.20. The Balaban J connectivity index is 2.37. The number of hydrogen-bond acceptors (Lipinski definition) is 4. The van der Waals surface area contributed by atoms with Gasteiger partial charge in [-0.15, -0.1) is 0 Å². The quantitative estimate of drug-likeness (QED) is 0.678. The summed E-state index contributed by atoms with van der Waals surface area (Å²) in [6.07, 6.45) is 0.418. The van der Waals surface area contributed by atoms with Crippen molar-refractivity contribution in [3.63, 3.8) is 0 Å². The van der Waals surface area contributed by atoms with Crippen LogP contribution in [0.15, 0.2) is 16.6 Å². The van der Waals surface area contributed by atoms with E-state index in [-0.39, 0.29) is 22.4 Å². The van der Waals surface area contributed by atoms with E-state index in [0.29, 0.717) is 13.0 Å². The molecule has 6 nitrogen and oxygen atoms in total. The SMILES string of the molecule is O=C(O)C1CCN(c2cc(Br)c(F)cc2[N+](=O)[O-])C1. The average molecular weight is 333 g/mol. The molecule has 1 aliphatic heterocycles. The second kappa shape index (κ2) is 5.12. The van der Waals surface area contributed by atoms with Gasteiger partial charge in [-0.2, -0.15) is 0 Å². The normalized spacial score (nSPS) is 18.6. The molecule has 1 heterocycles. The second-order valence-electron chi connectivity index (χ2n) is 4.28. The van der Waals surface area contributed by atoms with Gasteiger partial charge in [-0.1, -0.05) is 0 Å². The van der Waals surface area contributed by atoms with Crippen LogP contribution >= 0.6 is 15.9 Å². The zero-order valence-electron chi connectivity index (χ0n) is 9.68. The fraction of sp³-hybridized carbons (Fsp3) is 0.364. The Kier molecular flexibility index (Phi) is 3.70. The number of carboxylic acids is 1. The zero-order chi connectivity index (χ0) is 14.2. The van der Waals surface area contributed by atoms with Crippen LogP contribution in [0.1, 0.15) is 6.42 Å². The standard InChI is InChI=1S/C11H10BrFN2O4/c12-7-3-9(10(15(18)19)4-8(7)13)14-2-1-6(5-14)11(16)17/h3-4,6H,1-2,5H2,(H,16,17). The summed E-state index contributed by atoms with van der Waals surface area (Å²) in [7, 11) is 0. The number of benzene rings is 1. The van der Waals surface area contributed by atoms with Crippen LogP contribution in [0.5, 0.6) is 0 Å². The predicted octanol–water partition coefficient (Wildman–Crippen LogP) is 2.41. The number of nitro benzene ring substituents is 1. The van der Waals surface area contributed by atoms with E-state index in [2.05, 4.69) is 15.9 Å². The second-order valence-corrected chi connectivity index (χ2v) is 5.14. The van der Waals surface area contributed by atoms with Crippen LogP contribution < -0.4 is 4.90 Å². The van der Waals surface area contributed by atoms with E-state index in [1.807, 2.05) is 0 Å². The number of halogens is 2. The Morgan fingerprint density at radius 2 is 2.26 bits per heavy atom. The van der Waals surface area contributed by atoms with Crippen LogP contribution in [-0.2, 0) is 4.79 Å². The molecule has 0 aromatic heterocycles. The molecule has 102 valence electrons. The van der Waals surface area contributed by atoms with Crippen molar-refractivity contribution in [2.75, 3.05) is 18.0 Å². The summed E-state index contributed by atoms with van der Waals surface area (Å²) >= 11 is 2.98. The molecule has 0 spiro atoms. The van der Waals surface area contributed by atoms with Gasteiger partial charge in [0.1, 0.15) is 11.5 Å². The number of hydrogen-bond donors (Lipinski definition) is 1. The third kappa shape index (κ3) is 2.67. The van der Waals surface area contributed by atoms with Crippen LogP contribution in [-0.4, -0.2) is 29.1 Å². The van der Waals surface area contributed by atoms with Crippen LogP contribution in [0.3, 0.4) is 0 Å². The summed E-state index contributed by atoms with van der Waals surface area (Å²) in [4.78, 5) is 22.8. The van der Waals surface area contributed by atoms with Gasteiger partial charge in [0, 0.05) is 13.1 Å². The van der Waals surface area contributed by atoms with Gasteiger partial charge in [0.2, 0.25) is 0 Å². The highest BCUT2D eigenvalue weighted by molar-refractivity contribution is 9.10. The van der Waals surface area contributed by atoms with E-state index in [1.54, 1.807) is 4.90 Å². The first-order valence-corrected chi connectivity index (χ1v) is 6.30. The number of anilines is 1. The van der Waals surface area contributed by atoms with Crippen molar-refractivity contribution >= 4 is 33.3 Å². The molecule has 8 heteroatoms. The van der Waals surface area contributed by atoms with Gasteiger partial charge in [-0.3, -0.25) is 14.9 Å². The van der Waals surface area contributed by atoms with Gasteiger partial charge >= 0.3 is 5.97 Å². The van der Waals surface area contributed by atoms with E-state index < -0.39 is 22.6 Å². The molecule has 0 aliphatic carbocycles.